The Labute approximate surface area is 157 Å². The van der Waals surface area contributed by atoms with E-state index in [4.69, 9.17) is 5.11 Å². The summed E-state index contributed by atoms with van der Waals surface area (Å²) in [4.78, 5) is 10.5. The number of carboxylic acids is 1. The van der Waals surface area contributed by atoms with Gasteiger partial charge in [0.25, 0.3) is 0 Å². The lowest BCUT2D eigenvalue weighted by Crippen LogP contribution is -2.22. The van der Waals surface area contributed by atoms with Gasteiger partial charge in [-0.25, -0.2) is 0 Å². The summed E-state index contributed by atoms with van der Waals surface area (Å²) in [5.74, 6) is -0.338. The summed E-state index contributed by atoms with van der Waals surface area (Å²) in [6, 6.07) is 0. The van der Waals surface area contributed by atoms with Crippen LogP contribution in [0.1, 0.15) is 78.1 Å². The molecule has 0 amide bonds. The number of carboxylic acid groups (broad SMARTS) is 1. The zero-order valence-electron chi connectivity index (χ0n) is 16.2. The molecule has 5 heteroatoms. The van der Waals surface area contributed by atoms with Gasteiger partial charge in [0.05, 0.1) is 11.3 Å². The molecule has 0 unspecified atom stereocenters. The highest BCUT2D eigenvalue weighted by Crippen LogP contribution is 2.34. The van der Waals surface area contributed by atoms with Crippen molar-refractivity contribution in [3.05, 3.63) is 24.3 Å². The van der Waals surface area contributed by atoms with Crippen LogP contribution in [0.25, 0.3) is 0 Å². The number of carbonyl (C=O) groups is 1. The molecule has 1 saturated carbocycles. The molecule has 1 aliphatic carbocycles. The Kier molecular flexibility index (Phi) is 10.3. The summed E-state index contributed by atoms with van der Waals surface area (Å²) < 4.78 is 0. The van der Waals surface area contributed by atoms with E-state index in [1.165, 1.54) is 0 Å². The molecule has 0 saturated heterocycles. The van der Waals surface area contributed by atoms with Gasteiger partial charge < -0.3 is 15.4 Å². The minimum Gasteiger partial charge on any atom is -0.481 e. The molecule has 148 valence electrons. The number of hydrogen-bond donors (Lipinski definition) is 3. The zero-order chi connectivity index (χ0) is 19.4. The number of unbranched alkanes of at least 4 members (excludes halogenated alkanes) is 3. The maximum atomic E-state index is 10.5. The molecule has 0 aromatic rings. The highest BCUT2D eigenvalue weighted by Gasteiger charge is 2.31. The van der Waals surface area contributed by atoms with E-state index >= 15 is 0 Å². The fraction of sp³-hybridized carbons (Fsp3) is 0.714. The van der Waals surface area contributed by atoms with Crippen LogP contribution in [-0.2, 0) is 4.79 Å². The first-order valence-corrected chi connectivity index (χ1v) is 9.89. The van der Waals surface area contributed by atoms with Gasteiger partial charge in [-0.15, -0.1) is 0 Å². The molecule has 0 aromatic carbocycles. The van der Waals surface area contributed by atoms with E-state index in [1.807, 2.05) is 25.2 Å². The summed E-state index contributed by atoms with van der Waals surface area (Å²) in [7, 11) is 0. The Morgan fingerprint density at radius 3 is 2.73 bits per heavy atom. The third-order valence-electron chi connectivity index (χ3n) is 5.11. The quantitative estimate of drug-likeness (QED) is 0.198. The smallest absolute Gasteiger partial charge is 0.303 e. The summed E-state index contributed by atoms with van der Waals surface area (Å²) in [5, 5.41) is 31.9. The van der Waals surface area contributed by atoms with Crippen molar-refractivity contribution in [2.45, 2.75) is 83.7 Å². The molecule has 0 aliphatic heterocycles. The first-order chi connectivity index (χ1) is 12.4. The topological polar surface area (TPSA) is 90.1 Å². The molecule has 1 fully saturated rings. The molecule has 1 rings (SSSR count). The Balaban J connectivity index is 2.56. The Bertz CT molecular complexity index is 508. The van der Waals surface area contributed by atoms with Crippen LogP contribution in [0.4, 0.5) is 0 Å². The number of hydrogen-bond acceptors (Lipinski definition) is 4. The van der Waals surface area contributed by atoms with Gasteiger partial charge in [-0.2, -0.15) is 0 Å². The molecule has 1 aliphatic rings. The van der Waals surface area contributed by atoms with Crippen LogP contribution in [0.3, 0.4) is 0 Å². The minimum atomic E-state index is -0.824. The third-order valence-corrected chi connectivity index (χ3v) is 5.11. The predicted molar refractivity (Wildman–Crippen MR) is 105 cm³/mol. The van der Waals surface area contributed by atoms with Gasteiger partial charge in [0, 0.05) is 12.3 Å². The van der Waals surface area contributed by atoms with E-state index in [0.717, 1.165) is 57.1 Å². The largest absolute Gasteiger partial charge is 0.481 e. The van der Waals surface area contributed by atoms with Crippen LogP contribution in [0, 0.1) is 11.8 Å². The molecule has 0 radical (unpaired) electrons. The zero-order valence-corrected chi connectivity index (χ0v) is 16.2. The molecular weight excluding hydrogens is 330 g/mol. The third kappa shape index (κ3) is 8.65. The second kappa shape index (κ2) is 11.9. The maximum absolute atomic E-state index is 10.5. The fourth-order valence-electron chi connectivity index (χ4n) is 3.49. The molecule has 3 N–H and O–H groups in total. The highest BCUT2D eigenvalue weighted by molar-refractivity contribution is 5.90. The van der Waals surface area contributed by atoms with E-state index in [1.54, 1.807) is 0 Å². The van der Waals surface area contributed by atoms with E-state index < -0.39 is 11.6 Å². The molecule has 0 spiro atoms. The van der Waals surface area contributed by atoms with Crippen LogP contribution >= 0.6 is 0 Å². The SMILES string of the molecule is CCCCC[C@@](C)(O)/C=C/[C@H]1/C(=N\O)CC[C@@H]1C/C=C\CCCC(=O)O. The fourth-order valence-corrected chi connectivity index (χ4v) is 3.49. The predicted octanol–water partition coefficient (Wildman–Crippen LogP) is 4.93. The van der Waals surface area contributed by atoms with Gasteiger partial charge in [0.1, 0.15) is 0 Å². The molecule has 26 heavy (non-hydrogen) atoms. The second-order valence-electron chi connectivity index (χ2n) is 7.58. The molecule has 0 aromatic heterocycles. The number of oxime groups is 1. The average Bonchev–Trinajstić information content (AvgIpc) is 2.98. The maximum Gasteiger partial charge on any atom is 0.303 e. The molecule has 0 heterocycles. The van der Waals surface area contributed by atoms with Crippen LogP contribution < -0.4 is 0 Å². The van der Waals surface area contributed by atoms with Gasteiger partial charge in [-0.3, -0.25) is 4.79 Å². The van der Waals surface area contributed by atoms with Crippen molar-refractivity contribution in [1.82, 2.24) is 0 Å². The monoisotopic (exact) mass is 365 g/mol. The van der Waals surface area contributed by atoms with Gasteiger partial charge in [-0.05, 0) is 51.4 Å². The number of aliphatic carboxylic acids is 1. The van der Waals surface area contributed by atoms with E-state index in [9.17, 15) is 15.1 Å². The molecule has 0 bridgehead atoms. The van der Waals surface area contributed by atoms with Gasteiger partial charge >= 0.3 is 5.97 Å². The lowest BCUT2D eigenvalue weighted by Gasteiger charge is -2.21. The summed E-state index contributed by atoms with van der Waals surface area (Å²) >= 11 is 0. The van der Waals surface area contributed by atoms with Crippen LogP contribution in [0.2, 0.25) is 0 Å². The van der Waals surface area contributed by atoms with Gasteiger partial charge in [0.15, 0.2) is 0 Å². The van der Waals surface area contributed by atoms with Gasteiger partial charge in [0.2, 0.25) is 0 Å². The number of rotatable bonds is 12. The molecule has 3 atom stereocenters. The lowest BCUT2D eigenvalue weighted by molar-refractivity contribution is -0.137. The lowest BCUT2D eigenvalue weighted by atomic mass is 9.89. The minimum absolute atomic E-state index is 0.0568. The van der Waals surface area contributed by atoms with E-state index in [0.29, 0.717) is 12.3 Å². The van der Waals surface area contributed by atoms with Crippen molar-refractivity contribution in [3.63, 3.8) is 0 Å². The first-order valence-electron chi connectivity index (χ1n) is 9.89. The van der Waals surface area contributed by atoms with E-state index in [-0.39, 0.29) is 12.3 Å². The van der Waals surface area contributed by atoms with Crippen molar-refractivity contribution < 1.29 is 20.2 Å². The number of nitrogens with zero attached hydrogens (tertiary/aromatic N) is 1. The van der Waals surface area contributed by atoms with Crippen LogP contribution in [0.5, 0.6) is 0 Å². The Morgan fingerprint density at radius 1 is 1.31 bits per heavy atom. The molecule has 5 nitrogen and oxygen atoms in total. The van der Waals surface area contributed by atoms with Crippen molar-refractivity contribution >= 4 is 11.7 Å². The van der Waals surface area contributed by atoms with Gasteiger partial charge in [-0.1, -0.05) is 55.6 Å². The summed E-state index contributed by atoms with van der Waals surface area (Å²) in [6.07, 6.45) is 16.3. The highest BCUT2D eigenvalue weighted by atomic mass is 16.4. The summed E-state index contributed by atoms with van der Waals surface area (Å²) in [5.41, 5.74) is -0.0369. The van der Waals surface area contributed by atoms with Crippen LogP contribution in [0.15, 0.2) is 29.5 Å². The Hall–Kier alpha value is -1.62. The second-order valence-corrected chi connectivity index (χ2v) is 7.58. The van der Waals surface area contributed by atoms with E-state index in [2.05, 4.69) is 18.2 Å². The molecular formula is C21H35NO4. The summed E-state index contributed by atoms with van der Waals surface area (Å²) in [6.45, 7) is 3.98. The standard InChI is InChI=1S/C21H35NO4/c1-3-4-9-15-21(2,25)16-14-18-17(12-13-19(18)22-26)10-7-5-6-8-11-20(23)24/h5,7,14,16-18,25-26H,3-4,6,8-13,15H2,1-2H3,(H,23,24)/b7-5-,16-14+,22-19-/t17-,18+,21+/m0/s1. The first kappa shape index (κ1) is 22.4. The number of aliphatic hydroxyl groups is 1. The number of allylic oxidation sites excluding steroid dienone is 3. The average molecular weight is 366 g/mol. The van der Waals surface area contributed by atoms with Crippen molar-refractivity contribution in [1.29, 1.82) is 0 Å². The van der Waals surface area contributed by atoms with Crippen LogP contribution in [-0.4, -0.2) is 32.7 Å². The van der Waals surface area contributed by atoms with Crippen molar-refractivity contribution in [2.24, 2.45) is 17.0 Å². The van der Waals surface area contributed by atoms with Crippen molar-refractivity contribution in [2.75, 3.05) is 0 Å². The normalized spacial score (nSPS) is 24.7. The van der Waals surface area contributed by atoms with Crippen molar-refractivity contribution in [3.8, 4) is 0 Å². The Morgan fingerprint density at radius 2 is 2.08 bits per heavy atom.